The minimum Gasteiger partial charge on any atom is -0.497 e. The van der Waals surface area contributed by atoms with Crippen LogP contribution in [0.1, 0.15) is 23.3 Å². The molecule has 28 heavy (non-hydrogen) atoms. The lowest BCUT2D eigenvalue weighted by molar-refractivity contribution is -0.119. The van der Waals surface area contributed by atoms with Crippen LogP contribution in [0, 0.1) is 0 Å². The highest BCUT2D eigenvalue weighted by molar-refractivity contribution is 6.01. The Morgan fingerprint density at radius 3 is 2.64 bits per heavy atom. The largest absolute Gasteiger partial charge is 0.497 e. The standard InChI is InChI=1S/C22H21N3O3/c1-28-17-11-9-16(10-12-17)23-21(26)20-7-4-14-25(20)22(27)19-13-8-15-5-2-3-6-18(15)24-19/h2-3,5-6,8-13,20H,4,7,14H2,1H3,(H,23,26)/t20-/m0/s1. The Hall–Kier alpha value is -3.41. The third kappa shape index (κ3) is 3.53. The second kappa shape index (κ2) is 7.68. The molecule has 1 fully saturated rings. The fourth-order valence-electron chi connectivity index (χ4n) is 3.51. The van der Waals surface area contributed by atoms with E-state index in [1.165, 1.54) is 0 Å². The second-order valence-corrected chi connectivity index (χ2v) is 6.76. The molecule has 1 aromatic heterocycles. The van der Waals surface area contributed by atoms with Gasteiger partial charge in [0.25, 0.3) is 5.91 Å². The number of hydrogen-bond donors (Lipinski definition) is 1. The van der Waals surface area contributed by atoms with Crippen molar-refractivity contribution in [3.05, 3.63) is 66.4 Å². The SMILES string of the molecule is COc1ccc(NC(=O)[C@@H]2CCCN2C(=O)c2ccc3ccccc3n2)cc1. The first-order valence-electron chi connectivity index (χ1n) is 9.27. The van der Waals surface area contributed by atoms with Gasteiger partial charge in [0.05, 0.1) is 12.6 Å². The molecule has 1 atom stereocenters. The van der Waals surface area contributed by atoms with E-state index < -0.39 is 6.04 Å². The van der Waals surface area contributed by atoms with E-state index in [-0.39, 0.29) is 11.8 Å². The molecule has 1 aliphatic heterocycles. The van der Waals surface area contributed by atoms with E-state index in [9.17, 15) is 9.59 Å². The molecule has 1 saturated heterocycles. The molecular formula is C22H21N3O3. The predicted molar refractivity (Wildman–Crippen MR) is 107 cm³/mol. The number of ether oxygens (including phenoxy) is 1. The monoisotopic (exact) mass is 375 g/mol. The third-order valence-corrected chi connectivity index (χ3v) is 4.99. The fourth-order valence-corrected chi connectivity index (χ4v) is 3.51. The molecule has 0 aliphatic carbocycles. The molecule has 6 heteroatoms. The lowest BCUT2D eigenvalue weighted by Crippen LogP contribution is -2.43. The van der Waals surface area contributed by atoms with Gasteiger partial charge in [-0.15, -0.1) is 0 Å². The van der Waals surface area contributed by atoms with Crippen molar-refractivity contribution in [3.8, 4) is 5.75 Å². The van der Waals surface area contributed by atoms with Gasteiger partial charge in [-0.3, -0.25) is 9.59 Å². The van der Waals surface area contributed by atoms with E-state index in [1.54, 1.807) is 42.3 Å². The molecule has 2 amide bonds. The van der Waals surface area contributed by atoms with E-state index in [2.05, 4.69) is 10.3 Å². The quantitative estimate of drug-likeness (QED) is 0.758. The molecule has 0 unspecified atom stereocenters. The maximum absolute atomic E-state index is 13.0. The zero-order valence-corrected chi connectivity index (χ0v) is 15.6. The number of methoxy groups -OCH3 is 1. The van der Waals surface area contributed by atoms with Crippen LogP contribution in [0.3, 0.4) is 0 Å². The molecular weight excluding hydrogens is 354 g/mol. The number of para-hydroxylation sites is 1. The molecule has 3 aromatic rings. The molecule has 4 rings (SSSR count). The van der Waals surface area contributed by atoms with Crippen molar-refractivity contribution < 1.29 is 14.3 Å². The van der Waals surface area contributed by atoms with Crippen molar-refractivity contribution in [3.63, 3.8) is 0 Å². The van der Waals surface area contributed by atoms with Gasteiger partial charge in [0.15, 0.2) is 0 Å². The topological polar surface area (TPSA) is 71.5 Å². The number of likely N-dealkylation sites (tertiary alicyclic amines) is 1. The molecule has 0 saturated carbocycles. The number of carbonyl (C=O) groups excluding carboxylic acids is 2. The summed E-state index contributed by atoms with van der Waals surface area (Å²) in [6.45, 7) is 0.550. The number of rotatable bonds is 4. The summed E-state index contributed by atoms with van der Waals surface area (Å²) in [6.07, 6.45) is 1.43. The van der Waals surface area contributed by atoms with E-state index in [1.807, 2.05) is 30.3 Å². The lowest BCUT2D eigenvalue weighted by Gasteiger charge is -2.23. The van der Waals surface area contributed by atoms with Crippen molar-refractivity contribution in [2.24, 2.45) is 0 Å². The number of nitrogens with zero attached hydrogens (tertiary/aromatic N) is 2. The molecule has 0 radical (unpaired) electrons. The molecule has 1 aliphatic rings. The first-order chi connectivity index (χ1) is 13.7. The number of hydrogen-bond acceptors (Lipinski definition) is 4. The maximum atomic E-state index is 13.0. The van der Waals surface area contributed by atoms with Gasteiger partial charge >= 0.3 is 0 Å². The minimum absolute atomic E-state index is 0.184. The van der Waals surface area contributed by atoms with E-state index in [4.69, 9.17) is 4.74 Å². The first kappa shape index (κ1) is 18.0. The summed E-state index contributed by atoms with van der Waals surface area (Å²) in [6, 6.07) is 17.9. The van der Waals surface area contributed by atoms with Crippen molar-refractivity contribution in [2.45, 2.75) is 18.9 Å². The minimum atomic E-state index is -0.497. The molecule has 2 aromatic carbocycles. The van der Waals surface area contributed by atoms with Gasteiger partial charge in [-0.2, -0.15) is 0 Å². The fraction of sp³-hybridized carbons (Fsp3) is 0.227. The zero-order chi connectivity index (χ0) is 19.5. The van der Waals surface area contributed by atoms with Crippen molar-refractivity contribution in [1.29, 1.82) is 0 Å². The Morgan fingerprint density at radius 1 is 1.07 bits per heavy atom. The van der Waals surface area contributed by atoms with Crippen LogP contribution in [0.4, 0.5) is 5.69 Å². The highest BCUT2D eigenvalue weighted by Gasteiger charge is 2.35. The van der Waals surface area contributed by atoms with Crippen LogP contribution >= 0.6 is 0 Å². The van der Waals surface area contributed by atoms with Gasteiger partial charge in [0.1, 0.15) is 17.5 Å². The predicted octanol–water partition coefficient (Wildman–Crippen LogP) is 3.49. The van der Waals surface area contributed by atoms with E-state index >= 15 is 0 Å². The van der Waals surface area contributed by atoms with Crippen LogP contribution < -0.4 is 10.1 Å². The summed E-state index contributed by atoms with van der Waals surface area (Å²) >= 11 is 0. The maximum Gasteiger partial charge on any atom is 0.273 e. The van der Waals surface area contributed by atoms with Gasteiger partial charge in [-0.1, -0.05) is 24.3 Å². The van der Waals surface area contributed by atoms with Crippen LogP contribution in [0.15, 0.2) is 60.7 Å². The zero-order valence-electron chi connectivity index (χ0n) is 15.6. The summed E-state index contributed by atoms with van der Waals surface area (Å²) in [4.78, 5) is 31.9. The summed E-state index contributed by atoms with van der Waals surface area (Å²) in [5, 5.41) is 3.87. The van der Waals surface area contributed by atoms with Gasteiger partial charge in [-0.05, 0) is 49.2 Å². The van der Waals surface area contributed by atoms with Crippen LogP contribution in [-0.2, 0) is 4.79 Å². The Morgan fingerprint density at radius 2 is 1.86 bits per heavy atom. The number of nitrogens with one attached hydrogen (secondary N) is 1. The highest BCUT2D eigenvalue weighted by atomic mass is 16.5. The average Bonchev–Trinajstić information content (AvgIpc) is 3.23. The highest BCUT2D eigenvalue weighted by Crippen LogP contribution is 2.23. The molecule has 0 bridgehead atoms. The van der Waals surface area contributed by atoms with Gasteiger partial charge in [0.2, 0.25) is 5.91 Å². The van der Waals surface area contributed by atoms with E-state index in [0.717, 1.165) is 23.1 Å². The number of pyridine rings is 1. The third-order valence-electron chi connectivity index (χ3n) is 4.99. The summed E-state index contributed by atoms with van der Waals surface area (Å²) in [5.74, 6) is 0.327. The number of aromatic nitrogens is 1. The molecule has 2 heterocycles. The molecule has 0 spiro atoms. The molecule has 6 nitrogen and oxygen atoms in total. The number of benzene rings is 2. The Balaban J connectivity index is 1.51. The summed E-state index contributed by atoms with van der Waals surface area (Å²) < 4.78 is 5.13. The van der Waals surface area contributed by atoms with Crippen LogP contribution in [0.5, 0.6) is 5.75 Å². The summed E-state index contributed by atoms with van der Waals surface area (Å²) in [5.41, 5.74) is 1.81. The Kier molecular flexibility index (Phi) is 4.93. The Labute approximate surface area is 163 Å². The van der Waals surface area contributed by atoms with E-state index in [0.29, 0.717) is 24.3 Å². The van der Waals surface area contributed by atoms with Gasteiger partial charge < -0.3 is 15.0 Å². The Bertz CT molecular complexity index is 1020. The molecule has 142 valence electrons. The lowest BCUT2D eigenvalue weighted by atomic mass is 10.1. The van der Waals surface area contributed by atoms with Gasteiger partial charge in [-0.25, -0.2) is 4.98 Å². The number of anilines is 1. The normalized spacial score (nSPS) is 16.2. The van der Waals surface area contributed by atoms with Crippen LogP contribution in [0.2, 0.25) is 0 Å². The van der Waals surface area contributed by atoms with Crippen LogP contribution in [-0.4, -0.2) is 41.4 Å². The summed E-state index contributed by atoms with van der Waals surface area (Å²) in [7, 11) is 1.59. The average molecular weight is 375 g/mol. The van der Waals surface area contributed by atoms with Crippen LogP contribution in [0.25, 0.3) is 10.9 Å². The van der Waals surface area contributed by atoms with Crippen molar-refractivity contribution in [1.82, 2.24) is 9.88 Å². The van der Waals surface area contributed by atoms with Crippen molar-refractivity contribution >= 4 is 28.4 Å². The number of carbonyl (C=O) groups is 2. The van der Waals surface area contributed by atoms with Crippen molar-refractivity contribution in [2.75, 3.05) is 19.0 Å². The van der Waals surface area contributed by atoms with Gasteiger partial charge in [0, 0.05) is 17.6 Å². The molecule has 1 N–H and O–H groups in total. The first-order valence-corrected chi connectivity index (χ1v) is 9.27. The number of amides is 2. The smallest absolute Gasteiger partial charge is 0.273 e. The second-order valence-electron chi connectivity index (χ2n) is 6.76. The number of fused-ring (bicyclic) bond motifs is 1.